The van der Waals surface area contributed by atoms with E-state index in [2.05, 4.69) is 4.90 Å². The summed E-state index contributed by atoms with van der Waals surface area (Å²) >= 11 is 0. The first-order chi connectivity index (χ1) is 13.5. The monoisotopic (exact) mass is 407 g/mol. The van der Waals surface area contributed by atoms with Gasteiger partial charge in [0, 0.05) is 32.6 Å². The summed E-state index contributed by atoms with van der Waals surface area (Å²) in [6, 6.07) is 9.92. The first kappa shape index (κ1) is 21.3. The number of likely N-dealkylation sites (tertiary alicyclic amines) is 2. The summed E-state index contributed by atoms with van der Waals surface area (Å²) in [4.78, 5) is 16.6. The molecule has 1 amide bonds. The van der Waals surface area contributed by atoms with Crippen LogP contribution in [-0.2, 0) is 21.2 Å². The van der Waals surface area contributed by atoms with Crippen molar-refractivity contribution < 1.29 is 13.2 Å². The second-order valence-corrected chi connectivity index (χ2v) is 10.1. The molecule has 28 heavy (non-hydrogen) atoms. The van der Waals surface area contributed by atoms with Crippen molar-refractivity contribution in [1.29, 1.82) is 0 Å². The number of amides is 1. The van der Waals surface area contributed by atoms with E-state index in [0.717, 1.165) is 31.6 Å². The molecule has 0 atom stereocenters. The van der Waals surface area contributed by atoms with Crippen molar-refractivity contribution in [2.75, 3.05) is 45.0 Å². The number of carbonyl (C=O) groups is 1. The molecular formula is C21H33N3O3S. The smallest absolute Gasteiger partial charge is 0.223 e. The Morgan fingerprint density at radius 3 is 2.43 bits per heavy atom. The van der Waals surface area contributed by atoms with Gasteiger partial charge >= 0.3 is 0 Å². The lowest BCUT2D eigenvalue weighted by Gasteiger charge is -2.45. The Balaban J connectivity index is 1.49. The molecule has 2 heterocycles. The van der Waals surface area contributed by atoms with E-state index in [4.69, 9.17) is 0 Å². The van der Waals surface area contributed by atoms with Crippen molar-refractivity contribution in [3.05, 3.63) is 35.9 Å². The van der Waals surface area contributed by atoms with Gasteiger partial charge in [0.25, 0.3) is 0 Å². The molecule has 1 aromatic carbocycles. The number of sulfonamides is 1. The van der Waals surface area contributed by atoms with Gasteiger partial charge in [0.2, 0.25) is 15.9 Å². The van der Waals surface area contributed by atoms with Gasteiger partial charge in [-0.2, -0.15) is 4.31 Å². The van der Waals surface area contributed by atoms with E-state index in [-0.39, 0.29) is 17.7 Å². The lowest BCUT2D eigenvalue weighted by atomic mass is 10.1. The van der Waals surface area contributed by atoms with Crippen LogP contribution in [0, 0.1) is 0 Å². The fourth-order valence-corrected chi connectivity index (χ4v) is 5.31. The van der Waals surface area contributed by atoms with Crippen LogP contribution in [0.3, 0.4) is 0 Å². The lowest BCUT2D eigenvalue weighted by Crippen LogP contribution is -2.63. The molecule has 0 saturated carbocycles. The van der Waals surface area contributed by atoms with Gasteiger partial charge in [0.15, 0.2) is 0 Å². The van der Waals surface area contributed by atoms with Gasteiger partial charge in [-0.1, -0.05) is 36.8 Å². The van der Waals surface area contributed by atoms with Crippen molar-refractivity contribution in [3.8, 4) is 0 Å². The van der Waals surface area contributed by atoms with Crippen LogP contribution in [0.4, 0.5) is 0 Å². The number of hydrogen-bond acceptors (Lipinski definition) is 4. The van der Waals surface area contributed by atoms with Crippen LogP contribution in [0.1, 0.15) is 38.2 Å². The SMILES string of the molecule is CCS(=O)(=O)N(CCN1CCCCC1)C1CN(C(=O)CCc2ccccc2)C1. The second kappa shape index (κ2) is 9.85. The second-order valence-electron chi connectivity index (χ2n) is 7.85. The van der Waals surface area contributed by atoms with Crippen molar-refractivity contribution >= 4 is 15.9 Å². The van der Waals surface area contributed by atoms with Gasteiger partial charge in [-0.25, -0.2) is 8.42 Å². The summed E-state index contributed by atoms with van der Waals surface area (Å²) in [7, 11) is -3.26. The lowest BCUT2D eigenvalue weighted by molar-refractivity contribution is -0.137. The zero-order chi connectivity index (χ0) is 20.0. The number of benzene rings is 1. The Hall–Kier alpha value is -1.44. The maximum Gasteiger partial charge on any atom is 0.223 e. The molecule has 0 N–H and O–H groups in total. The topological polar surface area (TPSA) is 60.9 Å². The Kier molecular flexibility index (Phi) is 7.48. The zero-order valence-corrected chi connectivity index (χ0v) is 17.7. The highest BCUT2D eigenvalue weighted by Crippen LogP contribution is 2.21. The Labute approximate surface area is 169 Å². The number of hydrogen-bond donors (Lipinski definition) is 0. The van der Waals surface area contributed by atoms with Crippen LogP contribution in [0.5, 0.6) is 0 Å². The van der Waals surface area contributed by atoms with E-state index in [1.807, 2.05) is 30.3 Å². The summed E-state index contributed by atoms with van der Waals surface area (Å²) in [6.07, 6.45) is 4.88. The largest absolute Gasteiger partial charge is 0.339 e. The number of carbonyl (C=O) groups excluding carboxylic acids is 1. The summed E-state index contributed by atoms with van der Waals surface area (Å²) in [5, 5.41) is 0. The minimum absolute atomic E-state index is 0.0737. The van der Waals surface area contributed by atoms with Crippen LogP contribution in [0.25, 0.3) is 0 Å². The predicted molar refractivity (Wildman–Crippen MR) is 112 cm³/mol. The summed E-state index contributed by atoms with van der Waals surface area (Å²) in [5.74, 6) is 0.232. The molecule has 6 nitrogen and oxygen atoms in total. The third-order valence-electron chi connectivity index (χ3n) is 5.90. The van der Waals surface area contributed by atoms with Gasteiger partial charge in [0.05, 0.1) is 11.8 Å². The van der Waals surface area contributed by atoms with Crippen LogP contribution in [0.15, 0.2) is 30.3 Å². The van der Waals surface area contributed by atoms with Crippen molar-refractivity contribution in [2.24, 2.45) is 0 Å². The van der Waals surface area contributed by atoms with Crippen LogP contribution >= 0.6 is 0 Å². The third kappa shape index (κ3) is 5.55. The van der Waals surface area contributed by atoms with Crippen molar-refractivity contribution in [3.63, 3.8) is 0 Å². The third-order valence-corrected chi connectivity index (χ3v) is 7.82. The van der Waals surface area contributed by atoms with Gasteiger partial charge in [-0.15, -0.1) is 0 Å². The van der Waals surface area contributed by atoms with E-state index in [1.54, 1.807) is 16.1 Å². The Bertz CT molecular complexity index is 727. The maximum atomic E-state index is 12.6. The average Bonchev–Trinajstić information content (AvgIpc) is 2.69. The molecule has 0 aromatic heterocycles. The highest BCUT2D eigenvalue weighted by Gasteiger charge is 2.39. The van der Waals surface area contributed by atoms with Crippen molar-refractivity contribution in [2.45, 2.75) is 45.1 Å². The molecule has 0 aliphatic carbocycles. The number of piperidine rings is 1. The maximum absolute atomic E-state index is 12.6. The fourth-order valence-electron chi connectivity index (χ4n) is 4.03. The molecule has 0 radical (unpaired) electrons. The van der Waals surface area contributed by atoms with Gasteiger partial charge < -0.3 is 9.80 Å². The van der Waals surface area contributed by atoms with Crippen LogP contribution in [0.2, 0.25) is 0 Å². The molecular weight excluding hydrogens is 374 g/mol. The van der Waals surface area contributed by atoms with Gasteiger partial charge in [-0.05, 0) is 44.8 Å². The minimum Gasteiger partial charge on any atom is -0.339 e. The quantitative estimate of drug-likeness (QED) is 0.628. The molecule has 156 valence electrons. The molecule has 0 spiro atoms. The molecule has 2 aliphatic rings. The number of rotatable bonds is 9. The molecule has 7 heteroatoms. The fraction of sp³-hybridized carbons (Fsp3) is 0.667. The van der Waals surface area contributed by atoms with Crippen LogP contribution in [-0.4, -0.2) is 79.5 Å². The van der Waals surface area contributed by atoms with Crippen molar-refractivity contribution in [1.82, 2.24) is 14.1 Å². The zero-order valence-electron chi connectivity index (χ0n) is 16.9. The summed E-state index contributed by atoms with van der Waals surface area (Å²) in [6.45, 7) is 6.19. The van der Waals surface area contributed by atoms with E-state index < -0.39 is 10.0 Å². The molecule has 2 aliphatic heterocycles. The first-order valence-electron chi connectivity index (χ1n) is 10.5. The molecule has 3 rings (SSSR count). The first-order valence-corrected chi connectivity index (χ1v) is 12.1. The normalized spacial score (nSPS) is 19.0. The highest BCUT2D eigenvalue weighted by atomic mass is 32.2. The molecule has 2 fully saturated rings. The predicted octanol–water partition coefficient (Wildman–Crippen LogP) is 1.97. The summed E-state index contributed by atoms with van der Waals surface area (Å²) < 4.78 is 26.9. The number of nitrogens with zero attached hydrogens (tertiary/aromatic N) is 3. The Morgan fingerprint density at radius 1 is 1.11 bits per heavy atom. The Morgan fingerprint density at radius 2 is 1.79 bits per heavy atom. The number of aryl methyl sites for hydroxylation is 1. The highest BCUT2D eigenvalue weighted by molar-refractivity contribution is 7.89. The summed E-state index contributed by atoms with van der Waals surface area (Å²) in [5.41, 5.74) is 1.16. The van der Waals surface area contributed by atoms with Gasteiger partial charge in [-0.3, -0.25) is 4.79 Å². The standard InChI is InChI=1S/C21H33N3O3S/c1-2-28(26,27)24(16-15-22-13-7-4-8-14-22)20-17-23(18-20)21(25)12-11-19-9-5-3-6-10-19/h3,5-6,9-10,20H,2,4,7-8,11-18H2,1H3. The van der Waals surface area contributed by atoms with E-state index in [1.165, 1.54) is 19.3 Å². The molecule has 2 saturated heterocycles. The molecule has 0 unspecified atom stereocenters. The molecule has 0 bridgehead atoms. The van der Waals surface area contributed by atoms with Gasteiger partial charge in [0.1, 0.15) is 0 Å². The van der Waals surface area contributed by atoms with E-state index >= 15 is 0 Å². The van der Waals surface area contributed by atoms with E-state index in [9.17, 15) is 13.2 Å². The van der Waals surface area contributed by atoms with Crippen LogP contribution < -0.4 is 0 Å². The minimum atomic E-state index is -3.26. The van der Waals surface area contributed by atoms with E-state index in [0.29, 0.717) is 26.1 Å². The average molecular weight is 408 g/mol. The molecule has 1 aromatic rings.